The molecule has 0 saturated heterocycles. The molecule has 0 aliphatic carbocycles. The van der Waals surface area contributed by atoms with Gasteiger partial charge in [0, 0.05) is 16.4 Å². The number of hydrogen-bond acceptors (Lipinski definition) is 4. The van der Waals surface area contributed by atoms with E-state index in [0.29, 0.717) is 23.6 Å². The number of hydrogen-bond donors (Lipinski definition) is 1. The first-order valence-electron chi connectivity index (χ1n) is 7.29. The van der Waals surface area contributed by atoms with Gasteiger partial charge in [0.25, 0.3) is 5.91 Å². The molecule has 3 rings (SSSR count). The maximum absolute atomic E-state index is 12.3. The predicted molar refractivity (Wildman–Crippen MR) is 94.6 cm³/mol. The molecular weight excluding hydrogens is 374 g/mol. The average Bonchev–Trinajstić information content (AvgIpc) is 3.02. The minimum atomic E-state index is -0.267. The molecule has 1 N–H and O–H groups in total. The minimum absolute atomic E-state index is 0.267. The van der Waals surface area contributed by atoms with E-state index in [1.54, 1.807) is 26.4 Å². The van der Waals surface area contributed by atoms with Gasteiger partial charge in [-0.2, -0.15) is 0 Å². The Morgan fingerprint density at radius 2 is 1.88 bits per heavy atom. The Labute approximate surface area is 147 Å². The first kappa shape index (κ1) is 16.4. The summed E-state index contributed by atoms with van der Waals surface area (Å²) in [6.07, 6.45) is 0. The lowest BCUT2D eigenvalue weighted by Gasteiger charge is -2.09. The van der Waals surface area contributed by atoms with Gasteiger partial charge in [-0.15, -0.1) is 0 Å². The monoisotopic (exact) mass is 389 g/mol. The van der Waals surface area contributed by atoms with E-state index >= 15 is 0 Å². The highest BCUT2D eigenvalue weighted by atomic mass is 79.9. The molecule has 0 aliphatic rings. The number of carbonyl (C=O) groups is 1. The Morgan fingerprint density at radius 1 is 1.08 bits per heavy atom. The van der Waals surface area contributed by atoms with Gasteiger partial charge in [-0.3, -0.25) is 4.79 Å². The molecule has 5 nitrogen and oxygen atoms in total. The summed E-state index contributed by atoms with van der Waals surface area (Å²) in [5.41, 5.74) is 1.58. The van der Waals surface area contributed by atoms with Crippen molar-refractivity contribution in [3.8, 4) is 11.5 Å². The molecule has 6 heteroatoms. The van der Waals surface area contributed by atoms with Crippen molar-refractivity contribution in [3.05, 3.63) is 58.3 Å². The van der Waals surface area contributed by atoms with Crippen LogP contribution in [0, 0.1) is 0 Å². The third kappa shape index (κ3) is 3.38. The molecule has 0 bridgehead atoms. The van der Waals surface area contributed by atoms with Crippen LogP contribution in [0.5, 0.6) is 11.5 Å². The highest BCUT2D eigenvalue weighted by molar-refractivity contribution is 9.10. The zero-order valence-corrected chi connectivity index (χ0v) is 14.8. The SMILES string of the molecule is COc1ccc(CNC(=O)c2cc3cc(Br)ccc3o2)cc1OC. The van der Waals surface area contributed by atoms with Gasteiger partial charge in [-0.05, 0) is 42.0 Å². The van der Waals surface area contributed by atoms with Crippen molar-refractivity contribution in [2.24, 2.45) is 0 Å². The standard InChI is InChI=1S/C18H16BrNO4/c1-22-15-5-3-11(7-16(15)23-2)10-20-18(21)17-9-12-8-13(19)4-6-14(12)24-17/h3-9H,10H2,1-2H3,(H,20,21). The molecular formula is C18H16BrNO4. The number of furan rings is 1. The van der Waals surface area contributed by atoms with E-state index in [0.717, 1.165) is 15.4 Å². The maximum Gasteiger partial charge on any atom is 0.287 e. The summed E-state index contributed by atoms with van der Waals surface area (Å²) in [6, 6.07) is 12.8. The number of ether oxygens (including phenoxy) is 2. The van der Waals surface area contributed by atoms with E-state index in [2.05, 4.69) is 21.2 Å². The molecule has 0 fully saturated rings. The fourth-order valence-corrected chi connectivity index (χ4v) is 2.76. The molecule has 124 valence electrons. The molecule has 3 aromatic rings. The summed E-state index contributed by atoms with van der Waals surface area (Å²) in [6.45, 7) is 0.361. The van der Waals surface area contributed by atoms with Crippen LogP contribution >= 0.6 is 15.9 Å². The summed E-state index contributed by atoms with van der Waals surface area (Å²) in [5, 5.41) is 3.71. The first-order chi connectivity index (χ1) is 11.6. The smallest absolute Gasteiger partial charge is 0.287 e. The second kappa shape index (κ2) is 6.97. The van der Waals surface area contributed by atoms with Crippen LogP contribution in [-0.2, 0) is 6.54 Å². The normalized spacial score (nSPS) is 10.6. The van der Waals surface area contributed by atoms with Crippen LogP contribution in [-0.4, -0.2) is 20.1 Å². The zero-order valence-electron chi connectivity index (χ0n) is 13.3. The van der Waals surface area contributed by atoms with Crippen LogP contribution in [0.4, 0.5) is 0 Å². The number of rotatable bonds is 5. The lowest BCUT2D eigenvalue weighted by atomic mass is 10.2. The average molecular weight is 390 g/mol. The number of benzene rings is 2. The van der Waals surface area contributed by atoms with Gasteiger partial charge in [-0.1, -0.05) is 22.0 Å². The van der Waals surface area contributed by atoms with Crippen molar-refractivity contribution < 1.29 is 18.7 Å². The Morgan fingerprint density at radius 3 is 2.62 bits per heavy atom. The van der Waals surface area contributed by atoms with Gasteiger partial charge in [0.05, 0.1) is 14.2 Å². The molecule has 0 radical (unpaired) electrons. The van der Waals surface area contributed by atoms with Crippen LogP contribution < -0.4 is 14.8 Å². The number of nitrogens with one attached hydrogen (secondary N) is 1. The van der Waals surface area contributed by atoms with Crippen LogP contribution in [0.3, 0.4) is 0 Å². The van der Waals surface area contributed by atoms with Crippen LogP contribution in [0.1, 0.15) is 16.1 Å². The summed E-state index contributed by atoms with van der Waals surface area (Å²) in [5.74, 6) is 1.29. The highest BCUT2D eigenvalue weighted by Crippen LogP contribution is 2.27. The highest BCUT2D eigenvalue weighted by Gasteiger charge is 2.13. The zero-order chi connectivity index (χ0) is 17.1. The fourth-order valence-electron chi connectivity index (χ4n) is 2.39. The van der Waals surface area contributed by atoms with E-state index in [-0.39, 0.29) is 11.7 Å². The maximum atomic E-state index is 12.3. The van der Waals surface area contributed by atoms with E-state index in [1.165, 1.54) is 0 Å². The molecule has 2 aromatic carbocycles. The van der Waals surface area contributed by atoms with Crippen LogP contribution in [0.15, 0.2) is 51.4 Å². The fraction of sp³-hybridized carbons (Fsp3) is 0.167. The second-order valence-corrected chi connectivity index (χ2v) is 6.08. The van der Waals surface area contributed by atoms with E-state index in [1.807, 2.05) is 30.3 Å². The quantitative estimate of drug-likeness (QED) is 0.711. The molecule has 0 aliphatic heterocycles. The molecule has 0 atom stereocenters. The Hall–Kier alpha value is -2.47. The topological polar surface area (TPSA) is 60.7 Å². The molecule has 1 heterocycles. The Kier molecular flexibility index (Phi) is 4.76. The van der Waals surface area contributed by atoms with Crippen molar-refractivity contribution in [1.29, 1.82) is 0 Å². The molecule has 0 unspecified atom stereocenters. The van der Waals surface area contributed by atoms with E-state index in [4.69, 9.17) is 13.9 Å². The van der Waals surface area contributed by atoms with Gasteiger partial charge in [0.2, 0.25) is 0 Å². The lowest BCUT2D eigenvalue weighted by molar-refractivity contribution is 0.0925. The molecule has 0 spiro atoms. The third-order valence-corrected chi connectivity index (χ3v) is 4.10. The summed E-state index contributed by atoms with van der Waals surface area (Å²) in [4.78, 5) is 12.3. The Bertz CT molecular complexity index is 888. The Balaban J connectivity index is 1.72. The largest absolute Gasteiger partial charge is 0.493 e. The van der Waals surface area contributed by atoms with E-state index < -0.39 is 0 Å². The second-order valence-electron chi connectivity index (χ2n) is 5.16. The number of methoxy groups -OCH3 is 2. The molecule has 0 saturated carbocycles. The summed E-state index contributed by atoms with van der Waals surface area (Å²) < 4.78 is 17.0. The number of halogens is 1. The van der Waals surface area contributed by atoms with Crippen molar-refractivity contribution in [1.82, 2.24) is 5.32 Å². The lowest BCUT2D eigenvalue weighted by Crippen LogP contribution is -2.22. The van der Waals surface area contributed by atoms with Crippen LogP contribution in [0.25, 0.3) is 11.0 Å². The van der Waals surface area contributed by atoms with Gasteiger partial charge >= 0.3 is 0 Å². The van der Waals surface area contributed by atoms with Gasteiger partial charge in [-0.25, -0.2) is 0 Å². The number of amides is 1. The van der Waals surface area contributed by atoms with Crippen molar-refractivity contribution in [2.45, 2.75) is 6.54 Å². The summed E-state index contributed by atoms with van der Waals surface area (Å²) in [7, 11) is 3.16. The number of fused-ring (bicyclic) bond motifs is 1. The van der Waals surface area contributed by atoms with Crippen molar-refractivity contribution >= 4 is 32.8 Å². The van der Waals surface area contributed by atoms with E-state index in [9.17, 15) is 4.79 Å². The summed E-state index contributed by atoms with van der Waals surface area (Å²) >= 11 is 3.40. The predicted octanol–water partition coefficient (Wildman–Crippen LogP) is 4.14. The third-order valence-electron chi connectivity index (χ3n) is 3.60. The van der Waals surface area contributed by atoms with Gasteiger partial charge in [0.15, 0.2) is 17.3 Å². The molecule has 24 heavy (non-hydrogen) atoms. The molecule has 1 aromatic heterocycles. The number of carbonyl (C=O) groups excluding carboxylic acids is 1. The van der Waals surface area contributed by atoms with Crippen LogP contribution in [0.2, 0.25) is 0 Å². The van der Waals surface area contributed by atoms with Gasteiger partial charge in [0.1, 0.15) is 5.58 Å². The molecule has 1 amide bonds. The van der Waals surface area contributed by atoms with Gasteiger partial charge < -0.3 is 19.2 Å². The minimum Gasteiger partial charge on any atom is -0.493 e. The van der Waals surface area contributed by atoms with Crippen molar-refractivity contribution in [2.75, 3.05) is 14.2 Å². The van der Waals surface area contributed by atoms with Crippen molar-refractivity contribution in [3.63, 3.8) is 0 Å². The first-order valence-corrected chi connectivity index (χ1v) is 8.08.